The summed E-state index contributed by atoms with van der Waals surface area (Å²) in [7, 11) is 0. The van der Waals surface area contributed by atoms with Crippen molar-refractivity contribution in [3.63, 3.8) is 0 Å². The molecule has 20 heavy (non-hydrogen) atoms. The molecule has 0 aliphatic heterocycles. The molecule has 0 aromatic carbocycles. The van der Waals surface area contributed by atoms with Gasteiger partial charge in [0.25, 0.3) is 0 Å². The number of fused-ring (bicyclic) bond motifs is 3. The Bertz CT molecular complexity index is 441. The van der Waals surface area contributed by atoms with Gasteiger partial charge >= 0.3 is 0 Å². The van der Waals surface area contributed by atoms with E-state index in [4.69, 9.17) is 0 Å². The Morgan fingerprint density at radius 2 is 1.75 bits per heavy atom. The molecule has 6 atom stereocenters. The van der Waals surface area contributed by atoms with E-state index in [1.165, 1.54) is 32.1 Å². The first kappa shape index (κ1) is 13.4. The highest BCUT2D eigenvalue weighted by Gasteiger charge is 2.62. The zero-order chi connectivity index (χ0) is 14.2. The van der Waals surface area contributed by atoms with Gasteiger partial charge in [0.05, 0.1) is 0 Å². The van der Waals surface area contributed by atoms with E-state index in [2.05, 4.69) is 39.8 Å². The van der Waals surface area contributed by atoms with Gasteiger partial charge in [-0.2, -0.15) is 0 Å². The van der Waals surface area contributed by atoms with E-state index in [1.807, 2.05) is 0 Å². The zero-order valence-electron chi connectivity index (χ0n) is 13.9. The Balaban J connectivity index is 1.76. The van der Waals surface area contributed by atoms with E-state index in [0.717, 1.165) is 29.1 Å². The second-order valence-corrected chi connectivity index (χ2v) is 9.69. The molecule has 0 heterocycles. The molecule has 0 aromatic heterocycles. The zero-order valence-corrected chi connectivity index (χ0v) is 13.9. The van der Waals surface area contributed by atoms with Gasteiger partial charge in [-0.25, -0.2) is 0 Å². The standard InChI is InChI=1S/C20H32/c1-14-12-20-11-8-16-18(2,3)9-5-10-19(16,4)17(20)7-6-15(14)13-20/h5,10,14-17H,6-9,11-13H2,1-4H3/t14-,15+,16+,17-,19+,20+/m1/s1. The van der Waals surface area contributed by atoms with E-state index in [0.29, 0.717) is 10.8 Å². The molecule has 0 heteroatoms. The summed E-state index contributed by atoms with van der Waals surface area (Å²) in [5.74, 6) is 3.96. The molecule has 4 aliphatic carbocycles. The molecule has 2 bridgehead atoms. The van der Waals surface area contributed by atoms with Gasteiger partial charge < -0.3 is 0 Å². The molecule has 3 fully saturated rings. The predicted molar refractivity (Wildman–Crippen MR) is 85.4 cm³/mol. The average molecular weight is 272 g/mol. The van der Waals surface area contributed by atoms with Crippen molar-refractivity contribution in [2.75, 3.05) is 0 Å². The summed E-state index contributed by atoms with van der Waals surface area (Å²) >= 11 is 0. The third-order valence-corrected chi connectivity index (χ3v) is 8.26. The summed E-state index contributed by atoms with van der Waals surface area (Å²) in [6.07, 6.45) is 15.7. The Morgan fingerprint density at radius 3 is 2.55 bits per heavy atom. The van der Waals surface area contributed by atoms with Crippen LogP contribution in [0.4, 0.5) is 0 Å². The fourth-order valence-electron chi connectivity index (χ4n) is 7.53. The summed E-state index contributed by atoms with van der Waals surface area (Å²) < 4.78 is 0. The Kier molecular flexibility index (Phi) is 2.63. The topological polar surface area (TPSA) is 0 Å². The minimum atomic E-state index is 0.495. The van der Waals surface area contributed by atoms with Crippen molar-refractivity contribution in [2.45, 2.75) is 72.6 Å². The summed E-state index contributed by atoms with van der Waals surface area (Å²) in [6.45, 7) is 10.2. The Labute approximate surface area is 125 Å². The van der Waals surface area contributed by atoms with Crippen molar-refractivity contribution in [3.05, 3.63) is 12.2 Å². The second kappa shape index (κ2) is 3.93. The minimum Gasteiger partial charge on any atom is -0.0874 e. The van der Waals surface area contributed by atoms with Gasteiger partial charge in [0, 0.05) is 0 Å². The first-order valence-electron chi connectivity index (χ1n) is 9.05. The normalized spacial score (nSPS) is 56.2. The van der Waals surface area contributed by atoms with Crippen molar-refractivity contribution >= 4 is 0 Å². The lowest BCUT2D eigenvalue weighted by atomic mass is 9.43. The number of rotatable bonds is 0. The van der Waals surface area contributed by atoms with Crippen LogP contribution in [0.5, 0.6) is 0 Å². The van der Waals surface area contributed by atoms with Crippen molar-refractivity contribution in [1.82, 2.24) is 0 Å². The second-order valence-electron chi connectivity index (χ2n) is 9.69. The molecule has 0 radical (unpaired) electrons. The third kappa shape index (κ3) is 1.54. The van der Waals surface area contributed by atoms with Crippen LogP contribution in [-0.2, 0) is 0 Å². The van der Waals surface area contributed by atoms with E-state index in [9.17, 15) is 0 Å². The van der Waals surface area contributed by atoms with Crippen molar-refractivity contribution < 1.29 is 0 Å². The molecule has 0 aromatic rings. The Hall–Kier alpha value is -0.260. The molecule has 1 spiro atoms. The van der Waals surface area contributed by atoms with Gasteiger partial charge in [0.15, 0.2) is 0 Å². The quantitative estimate of drug-likeness (QED) is 0.487. The molecule has 0 N–H and O–H groups in total. The summed E-state index contributed by atoms with van der Waals surface area (Å²) in [6, 6.07) is 0. The van der Waals surface area contributed by atoms with Gasteiger partial charge in [-0.3, -0.25) is 0 Å². The number of allylic oxidation sites excluding steroid dienone is 2. The first-order valence-corrected chi connectivity index (χ1v) is 9.05. The molecule has 0 nitrogen and oxygen atoms in total. The van der Waals surface area contributed by atoms with Crippen LogP contribution in [0.3, 0.4) is 0 Å². The van der Waals surface area contributed by atoms with Crippen LogP contribution in [0.2, 0.25) is 0 Å². The largest absolute Gasteiger partial charge is 0.0874 e. The van der Waals surface area contributed by atoms with Crippen LogP contribution < -0.4 is 0 Å². The van der Waals surface area contributed by atoms with Gasteiger partial charge in [0.2, 0.25) is 0 Å². The van der Waals surface area contributed by atoms with Gasteiger partial charge in [-0.15, -0.1) is 0 Å². The SMILES string of the molecule is C[C@@H]1C[C@]23CC[C@H]4C(C)(C)CC=C[C@]4(C)[C@H]2CC[C@H]1C3. The number of hydrogen-bond donors (Lipinski definition) is 0. The fourth-order valence-corrected chi connectivity index (χ4v) is 7.53. The van der Waals surface area contributed by atoms with Crippen LogP contribution in [0, 0.1) is 39.9 Å². The molecule has 0 saturated heterocycles. The summed E-state index contributed by atoms with van der Waals surface area (Å²) in [5.41, 5.74) is 1.74. The lowest BCUT2D eigenvalue weighted by molar-refractivity contribution is -0.0980. The van der Waals surface area contributed by atoms with Gasteiger partial charge in [-0.1, -0.05) is 39.8 Å². The van der Waals surface area contributed by atoms with Gasteiger partial charge in [-0.05, 0) is 84.9 Å². The molecule has 4 aliphatic rings. The van der Waals surface area contributed by atoms with E-state index in [-0.39, 0.29) is 0 Å². The maximum atomic E-state index is 2.66. The lowest BCUT2D eigenvalue weighted by Gasteiger charge is -2.62. The maximum absolute atomic E-state index is 2.66. The van der Waals surface area contributed by atoms with Crippen molar-refractivity contribution in [1.29, 1.82) is 0 Å². The van der Waals surface area contributed by atoms with Gasteiger partial charge in [0.1, 0.15) is 0 Å². The molecule has 4 rings (SSSR count). The highest BCUT2D eigenvalue weighted by molar-refractivity contribution is 5.20. The highest BCUT2D eigenvalue weighted by atomic mass is 14.7. The smallest absolute Gasteiger partial charge is 0.00796 e. The fraction of sp³-hybridized carbons (Fsp3) is 0.900. The van der Waals surface area contributed by atoms with E-state index in [1.54, 1.807) is 12.8 Å². The van der Waals surface area contributed by atoms with Crippen LogP contribution in [-0.4, -0.2) is 0 Å². The predicted octanol–water partition coefficient (Wildman–Crippen LogP) is 5.83. The van der Waals surface area contributed by atoms with E-state index < -0.39 is 0 Å². The van der Waals surface area contributed by atoms with Crippen molar-refractivity contribution in [3.8, 4) is 0 Å². The van der Waals surface area contributed by atoms with Crippen LogP contribution in [0.15, 0.2) is 12.2 Å². The summed E-state index contributed by atoms with van der Waals surface area (Å²) in [4.78, 5) is 0. The molecule has 0 amide bonds. The highest BCUT2D eigenvalue weighted by Crippen LogP contribution is 2.71. The molecule has 0 unspecified atom stereocenters. The molecule has 112 valence electrons. The lowest BCUT2D eigenvalue weighted by Crippen LogP contribution is -2.54. The molecular formula is C20H32. The minimum absolute atomic E-state index is 0.495. The van der Waals surface area contributed by atoms with Crippen molar-refractivity contribution in [2.24, 2.45) is 39.9 Å². The summed E-state index contributed by atoms with van der Waals surface area (Å²) in [5, 5.41) is 0. The van der Waals surface area contributed by atoms with Crippen LogP contribution in [0.25, 0.3) is 0 Å². The maximum Gasteiger partial charge on any atom is -0.00796 e. The first-order chi connectivity index (χ1) is 9.37. The third-order valence-electron chi connectivity index (χ3n) is 8.26. The molecular weight excluding hydrogens is 240 g/mol. The number of hydrogen-bond acceptors (Lipinski definition) is 0. The van der Waals surface area contributed by atoms with Crippen LogP contribution >= 0.6 is 0 Å². The van der Waals surface area contributed by atoms with Crippen LogP contribution in [0.1, 0.15) is 72.6 Å². The monoisotopic (exact) mass is 272 g/mol. The average Bonchev–Trinajstić information content (AvgIpc) is 2.58. The van der Waals surface area contributed by atoms with E-state index >= 15 is 0 Å². The Morgan fingerprint density at radius 1 is 0.950 bits per heavy atom. The molecule has 3 saturated carbocycles.